The zero-order valence-corrected chi connectivity index (χ0v) is 14.7. The van der Waals surface area contributed by atoms with Gasteiger partial charge in [0.05, 0.1) is 11.5 Å². The molecular weight excluding hydrogens is 350 g/mol. The van der Waals surface area contributed by atoms with E-state index in [4.69, 9.17) is 0 Å². The van der Waals surface area contributed by atoms with Crippen molar-refractivity contribution in [2.45, 2.75) is 19.3 Å². The number of hydrogen-bond donors (Lipinski definition) is 4. The quantitative estimate of drug-likeness (QED) is 0.559. The number of aliphatic hydroxyl groups is 2. The van der Waals surface area contributed by atoms with Gasteiger partial charge in [-0.15, -0.1) is 0 Å². The van der Waals surface area contributed by atoms with E-state index in [1.54, 1.807) is 12.1 Å². The molecule has 3 atom stereocenters. The summed E-state index contributed by atoms with van der Waals surface area (Å²) in [5, 5.41) is 33.4. The molecule has 0 saturated carbocycles. The number of allylic oxidation sites excluding steroid dienone is 3. The molecule has 7 heteroatoms. The van der Waals surface area contributed by atoms with E-state index in [0.29, 0.717) is 18.4 Å². The molecule has 27 heavy (non-hydrogen) atoms. The average Bonchev–Trinajstić information content (AvgIpc) is 2.60. The third-order valence-corrected chi connectivity index (χ3v) is 5.83. The average molecular weight is 369 g/mol. The molecule has 3 unspecified atom stereocenters. The van der Waals surface area contributed by atoms with Crippen molar-refractivity contribution >= 4 is 17.5 Å². The number of likely N-dealkylation sites (N-methyl/N-ethyl adjacent to an activating group) is 1. The third-order valence-electron chi connectivity index (χ3n) is 5.83. The van der Waals surface area contributed by atoms with Gasteiger partial charge < -0.3 is 20.6 Å². The van der Waals surface area contributed by atoms with Gasteiger partial charge in [0.1, 0.15) is 22.8 Å². The first-order valence-corrected chi connectivity index (χ1v) is 8.82. The Bertz CT molecular complexity index is 957. The monoisotopic (exact) mass is 369 g/mol. The molecule has 0 saturated heterocycles. The number of fused-ring (bicyclic) bond motifs is 3. The molecule has 0 aliphatic heterocycles. The number of Topliss-reactive ketones (excluding diaryl/α,β-unsaturated/α-hetero) is 2. The van der Waals surface area contributed by atoms with Gasteiger partial charge in [-0.2, -0.15) is 0 Å². The number of ketones is 2. The van der Waals surface area contributed by atoms with Gasteiger partial charge in [-0.3, -0.25) is 14.4 Å². The number of phenols is 1. The van der Waals surface area contributed by atoms with Gasteiger partial charge in [0.25, 0.3) is 5.91 Å². The van der Waals surface area contributed by atoms with Crippen molar-refractivity contribution in [2.75, 3.05) is 7.05 Å². The Balaban J connectivity index is 1.82. The molecule has 1 aromatic carbocycles. The summed E-state index contributed by atoms with van der Waals surface area (Å²) in [5.41, 5.74) is 0.627. The maximum Gasteiger partial charge on any atom is 0.258 e. The standard InChI is InChI=1S/C20H19NO6/c1-21-20(27)16-12(23)7-10-6-9-5-8-3-2-4-11(22)13(8)17(24)14(9)18(25)15(10)19(16)26/h2-4,9-10,15,22-23,25H,5-7H2,1H3,(H,21,27). The van der Waals surface area contributed by atoms with Gasteiger partial charge in [-0.05, 0) is 36.3 Å². The van der Waals surface area contributed by atoms with Crippen LogP contribution in [0.3, 0.4) is 0 Å². The van der Waals surface area contributed by atoms with E-state index in [1.807, 2.05) is 0 Å². The Hall–Kier alpha value is -3.09. The Kier molecular flexibility index (Phi) is 3.83. The molecule has 4 rings (SSSR count). The fourth-order valence-electron chi connectivity index (χ4n) is 4.68. The Morgan fingerprint density at radius 1 is 1.15 bits per heavy atom. The number of rotatable bonds is 1. The summed E-state index contributed by atoms with van der Waals surface area (Å²) in [6.45, 7) is 0. The van der Waals surface area contributed by atoms with E-state index >= 15 is 0 Å². The summed E-state index contributed by atoms with van der Waals surface area (Å²) < 4.78 is 0. The topological polar surface area (TPSA) is 124 Å². The molecule has 7 nitrogen and oxygen atoms in total. The van der Waals surface area contributed by atoms with Crippen LogP contribution >= 0.6 is 0 Å². The first-order valence-electron chi connectivity index (χ1n) is 8.82. The molecule has 0 bridgehead atoms. The maximum absolute atomic E-state index is 13.0. The van der Waals surface area contributed by atoms with Crippen LogP contribution < -0.4 is 5.32 Å². The number of amides is 1. The molecule has 0 radical (unpaired) electrons. The lowest BCUT2D eigenvalue weighted by molar-refractivity contribution is -0.126. The van der Waals surface area contributed by atoms with Crippen molar-refractivity contribution in [1.29, 1.82) is 0 Å². The summed E-state index contributed by atoms with van der Waals surface area (Å²) in [6, 6.07) is 4.84. The van der Waals surface area contributed by atoms with Crippen LogP contribution in [0, 0.1) is 17.8 Å². The van der Waals surface area contributed by atoms with Crippen LogP contribution in [0.4, 0.5) is 0 Å². The SMILES string of the molecule is CNC(=O)C1=C(O)CC2CC3Cc4cccc(O)c4C(=O)C3=C(O)C2C1=O. The predicted octanol–water partition coefficient (Wildman–Crippen LogP) is 1.73. The summed E-state index contributed by atoms with van der Waals surface area (Å²) in [5.74, 6) is -4.36. The number of phenolic OH excluding ortho intramolecular Hbond substituents is 1. The molecule has 0 fully saturated rings. The van der Waals surface area contributed by atoms with Crippen LogP contribution in [0.5, 0.6) is 5.75 Å². The van der Waals surface area contributed by atoms with Crippen molar-refractivity contribution in [3.8, 4) is 5.75 Å². The van der Waals surface area contributed by atoms with Gasteiger partial charge in [0.15, 0.2) is 11.6 Å². The van der Waals surface area contributed by atoms with E-state index < -0.39 is 23.4 Å². The molecular formula is C20H19NO6. The number of nitrogens with one attached hydrogen (secondary N) is 1. The zero-order valence-electron chi connectivity index (χ0n) is 14.7. The number of hydrogen-bond acceptors (Lipinski definition) is 6. The summed E-state index contributed by atoms with van der Waals surface area (Å²) in [4.78, 5) is 37.8. The fraction of sp³-hybridized carbons (Fsp3) is 0.350. The number of carbonyl (C=O) groups excluding carboxylic acids is 3. The lowest BCUT2D eigenvalue weighted by atomic mass is 9.62. The number of benzene rings is 1. The lowest BCUT2D eigenvalue weighted by Gasteiger charge is -2.40. The van der Waals surface area contributed by atoms with E-state index in [0.717, 1.165) is 0 Å². The highest BCUT2D eigenvalue weighted by Crippen LogP contribution is 2.49. The van der Waals surface area contributed by atoms with Crippen LogP contribution in [0.15, 0.2) is 40.9 Å². The number of aromatic hydroxyl groups is 1. The summed E-state index contributed by atoms with van der Waals surface area (Å²) in [7, 11) is 1.35. The Labute approximate surface area is 155 Å². The van der Waals surface area contributed by atoms with Crippen molar-refractivity contribution in [1.82, 2.24) is 5.32 Å². The van der Waals surface area contributed by atoms with Crippen LogP contribution in [-0.2, 0) is 16.0 Å². The highest BCUT2D eigenvalue weighted by molar-refractivity contribution is 6.22. The molecule has 1 amide bonds. The van der Waals surface area contributed by atoms with Gasteiger partial charge in [0.2, 0.25) is 0 Å². The molecule has 4 N–H and O–H groups in total. The molecule has 3 aliphatic carbocycles. The van der Waals surface area contributed by atoms with Gasteiger partial charge >= 0.3 is 0 Å². The smallest absolute Gasteiger partial charge is 0.258 e. The molecule has 140 valence electrons. The highest BCUT2D eigenvalue weighted by atomic mass is 16.3. The number of aliphatic hydroxyl groups excluding tert-OH is 2. The molecule has 3 aliphatic rings. The third kappa shape index (κ3) is 2.38. The molecule has 0 heterocycles. The van der Waals surface area contributed by atoms with Crippen molar-refractivity contribution in [3.05, 3.63) is 52.0 Å². The summed E-state index contributed by atoms with van der Waals surface area (Å²) >= 11 is 0. The highest BCUT2D eigenvalue weighted by Gasteiger charge is 2.50. The minimum absolute atomic E-state index is 0.0914. The van der Waals surface area contributed by atoms with Crippen LogP contribution in [0.2, 0.25) is 0 Å². The van der Waals surface area contributed by atoms with Crippen molar-refractivity contribution in [3.63, 3.8) is 0 Å². The predicted molar refractivity (Wildman–Crippen MR) is 94.2 cm³/mol. The van der Waals surface area contributed by atoms with E-state index in [-0.39, 0.29) is 52.2 Å². The second-order valence-electron chi connectivity index (χ2n) is 7.28. The molecule has 1 aromatic rings. The van der Waals surface area contributed by atoms with E-state index in [2.05, 4.69) is 5.32 Å². The molecule has 0 spiro atoms. The molecule has 0 aromatic heterocycles. The van der Waals surface area contributed by atoms with Gasteiger partial charge in [-0.1, -0.05) is 12.1 Å². The second-order valence-corrected chi connectivity index (χ2v) is 7.28. The summed E-state index contributed by atoms with van der Waals surface area (Å²) in [6.07, 6.45) is 0.981. The largest absolute Gasteiger partial charge is 0.511 e. The van der Waals surface area contributed by atoms with Crippen molar-refractivity contribution < 1.29 is 29.7 Å². The minimum Gasteiger partial charge on any atom is -0.511 e. The van der Waals surface area contributed by atoms with E-state index in [1.165, 1.54) is 13.1 Å². The minimum atomic E-state index is -1.03. The van der Waals surface area contributed by atoms with Crippen LogP contribution in [-0.4, -0.2) is 39.8 Å². The van der Waals surface area contributed by atoms with Crippen LogP contribution in [0.25, 0.3) is 0 Å². The van der Waals surface area contributed by atoms with Gasteiger partial charge in [0, 0.05) is 19.0 Å². The van der Waals surface area contributed by atoms with E-state index in [9.17, 15) is 29.7 Å². The van der Waals surface area contributed by atoms with Gasteiger partial charge in [-0.25, -0.2) is 0 Å². The first-order chi connectivity index (χ1) is 12.8. The zero-order chi connectivity index (χ0) is 19.5. The fourth-order valence-corrected chi connectivity index (χ4v) is 4.68. The van der Waals surface area contributed by atoms with Crippen molar-refractivity contribution in [2.24, 2.45) is 17.8 Å². The first kappa shape index (κ1) is 17.3. The second kappa shape index (κ2) is 5.97. The lowest BCUT2D eigenvalue weighted by Crippen LogP contribution is -2.43. The Morgan fingerprint density at radius 2 is 1.89 bits per heavy atom. The number of carbonyl (C=O) groups is 3. The normalized spacial score (nSPS) is 27.1. The van der Waals surface area contributed by atoms with Crippen LogP contribution in [0.1, 0.15) is 28.8 Å². The maximum atomic E-state index is 13.0. The Morgan fingerprint density at radius 3 is 2.59 bits per heavy atom.